The molecule has 0 fully saturated rings. The average molecular weight is 241 g/mol. The molecular formula is C10H6F3N3O. The Morgan fingerprint density at radius 3 is 2.59 bits per heavy atom. The van der Waals surface area contributed by atoms with Crippen molar-refractivity contribution in [3.63, 3.8) is 0 Å². The molecule has 0 atom stereocenters. The number of nitrogens with one attached hydrogen (secondary N) is 1. The van der Waals surface area contributed by atoms with Crippen LogP contribution in [-0.2, 0) is 4.79 Å². The number of rotatable bonds is 1. The summed E-state index contributed by atoms with van der Waals surface area (Å²) < 4.78 is 36.3. The Hall–Kier alpha value is -2.18. The number of para-hydroxylation sites is 1. The first kappa shape index (κ1) is 11.3. The molecule has 0 unspecified atom stereocenters. The molecule has 88 valence electrons. The molecule has 17 heavy (non-hydrogen) atoms. The van der Waals surface area contributed by atoms with Gasteiger partial charge in [-0.1, -0.05) is 6.07 Å². The van der Waals surface area contributed by atoms with Crippen molar-refractivity contribution in [3.05, 3.63) is 30.6 Å². The fourth-order valence-electron chi connectivity index (χ4n) is 1.29. The van der Waals surface area contributed by atoms with Gasteiger partial charge in [0.25, 0.3) is 0 Å². The van der Waals surface area contributed by atoms with E-state index >= 15 is 0 Å². The predicted molar refractivity (Wildman–Crippen MR) is 54.2 cm³/mol. The van der Waals surface area contributed by atoms with Crippen molar-refractivity contribution >= 4 is 22.6 Å². The number of halogens is 3. The van der Waals surface area contributed by atoms with Gasteiger partial charge in [0.1, 0.15) is 5.52 Å². The molecular weight excluding hydrogens is 235 g/mol. The molecule has 0 spiro atoms. The number of alkyl halides is 3. The number of carbonyl (C=O) groups is 1. The van der Waals surface area contributed by atoms with Crippen molar-refractivity contribution in [1.29, 1.82) is 0 Å². The number of hydrogen-bond acceptors (Lipinski definition) is 3. The van der Waals surface area contributed by atoms with E-state index in [-0.39, 0.29) is 11.2 Å². The van der Waals surface area contributed by atoms with Crippen molar-refractivity contribution in [2.75, 3.05) is 5.32 Å². The van der Waals surface area contributed by atoms with Gasteiger partial charge in [0, 0.05) is 12.4 Å². The van der Waals surface area contributed by atoms with Crippen molar-refractivity contribution in [2.45, 2.75) is 6.18 Å². The van der Waals surface area contributed by atoms with Gasteiger partial charge in [-0.05, 0) is 12.1 Å². The highest BCUT2D eigenvalue weighted by atomic mass is 19.4. The topological polar surface area (TPSA) is 54.9 Å². The van der Waals surface area contributed by atoms with Gasteiger partial charge in [-0.2, -0.15) is 13.2 Å². The number of nitrogens with zero attached hydrogens (tertiary/aromatic N) is 2. The maximum Gasteiger partial charge on any atom is 0.471 e. The highest BCUT2D eigenvalue weighted by molar-refractivity contribution is 6.01. The van der Waals surface area contributed by atoms with Crippen molar-refractivity contribution < 1.29 is 18.0 Å². The van der Waals surface area contributed by atoms with Crippen LogP contribution in [0, 0.1) is 0 Å². The summed E-state index contributed by atoms with van der Waals surface area (Å²) in [5.41, 5.74) is 0.609. The van der Waals surface area contributed by atoms with Crippen LogP contribution in [0.15, 0.2) is 30.6 Å². The van der Waals surface area contributed by atoms with Crippen LogP contribution in [0.4, 0.5) is 18.9 Å². The van der Waals surface area contributed by atoms with Gasteiger partial charge in [0.05, 0.1) is 11.2 Å². The molecule has 0 aliphatic rings. The lowest BCUT2D eigenvalue weighted by atomic mass is 10.2. The van der Waals surface area contributed by atoms with Crippen LogP contribution in [0.1, 0.15) is 0 Å². The number of benzene rings is 1. The maximum atomic E-state index is 12.1. The summed E-state index contributed by atoms with van der Waals surface area (Å²) in [6.45, 7) is 0. The smallest absolute Gasteiger partial charge is 0.316 e. The Balaban J connectivity index is 2.40. The molecule has 1 heterocycles. The molecule has 0 aliphatic carbocycles. The Bertz CT molecular complexity index is 563. The first-order valence-electron chi connectivity index (χ1n) is 4.56. The Kier molecular flexibility index (Phi) is 2.66. The van der Waals surface area contributed by atoms with Gasteiger partial charge >= 0.3 is 12.1 Å². The molecule has 1 N–H and O–H groups in total. The number of aromatic nitrogens is 2. The molecule has 0 saturated carbocycles. The minimum absolute atomic E-state index is 0.0158. The number of hydrogen-bond donors (Lipinski definition) is 1. The number of amides is 1. The first-order chi connectivity index (χ1) is 7.98. The Labute approximate surface area is 93.5 Å². The monoisotopic (exact) mass is 241 g/mol. The summed E-state index contributed by atoms with van der Waals surface area (Å²) in [4.78, 5) is 18.6. The van der Waals surface area contributed by atoms with E-state index in [1.165, 1.54) is 24.5 Å². The summed E-state index contributed by atoms with van der Waals surface area (Å²) in [5, 5.41) is 1.76. The molecule has 0 saturated heterocycles. The van der Waals surface area contributed by atoms with Crippen LogP contribution in [0.2, 0.25) is 0 Å². The van der Waals surface area contributed by atoms with Crippen LogP contribution in [0.3, 0.4) is 0 Å². The molecule has 4 nitrogen and oxygen atoms in total. The van der Waals surface area contributed by atoms with Gasteiger partial charge in [-0.25, -0.2) is 0 Å². The van der Waals surface area contributed by atoms with E-state index in [2.05, 4.69) is 9.97 Å². The first-order valence-corrected chi connectivity index (χ1v) is 4.56. The zero-order valence-electron chi connectivity index (χ0n) is 8.32. The summed E-state index contributed by atoms with van der Waals surface area (Å²) in [6.07, 6.45) is -2.17. The Morgan fingerprint density at radius 2 is 1.88 bits per heavy atom. The fourth-order valence-corrected chi connectivity index (χ4v) is 1.29. The minimum atomic E-state index is -4.93. The van der Waals surface area contributed by atoms with E-state index in [0.29, 0.717) is 5.52 Å². The highest BCUT2D eigenvalue weighted by Crippen LogP contribution is 2.22. The fraction of sp³-hybridized carbons (Fsp3) is 0.100. The van der Waals surface area contributed by atoms with E-state index in [0.717, 1.165) is 0 Å². The molecule has 0 radical (unpaired) electrons. The van der Waals surface area contributed by atoms with Crippen LogP contribution in [0.25, 0.3) is 11.0 Å². The normalized spacial score (nSPS) is 11.5. The van der Waals surface area contributed by atoms with Crippen molar-refractivity contribution in [2.24, 2.45) is 0 Å². The summed E-state index contributed by atoms with van der Waals surface area (Å²) in [7, 11) is 0. The lowest BCUT2D eigenvalue weighted by molar-refractivity contribution is -0.167. The van der Waals surface area contributed by atoms with Gasteiger partial charge < -0.3 is 5.32 Å². The third-order valence-corrected chi connectivity index (χ3v) is 2.00. The van der Waals surface area contributed by atoms with Crippen LogP contribution >= 0.6 is 0 Å². The molecule has 2 rings (SSSR count). The largest absolute Gasteiger partial charge is 0.471 e. The number of anilines is 1. The van der Waals surface area contributed by atoms with Crippen LogP contribution < -0.4 is 5.32 Å². The third kappa shape index (κ3) is 2.32. The highest BCUT2D eigenvalue weighted by Gasteiger charge is 2.38. The van der Waals surface area contributed by atoms with Gasteiger partial charge in [-0.3, -0.25) is 14.8 Å². The zero-order chi connectivity index (χ0) is 12.5. The number of fused-ring (bicyclic) bond motifs is 1. The van der Waals surface area contributed by atoms with Gasteiger partial charge in [0.2, 0.25) is 0 Å². The van der Waals surface area contributed by atoms with E-state index in [4.69, 9.17) is 0 Å². The summed E-state index contributed by atoms with van der Waals surface area (Å²) in [5.74, 6) is -2.03. The summed E-state index contributed by atoms with van der Waals surface area (Å²) >= 11 is 0. The van der Waals surface area contributed by atoms with Crippen LogP contribution in [0.5, 0.6) is 0 Å². The molecule has 1 aromatic carbocycles. The second kappa shape index (κ2) is 4.00. The second-order valence-corrected chi connectivity index (χ2v) is 3.18. The standard InChI is InChI=1S/C10H6F3N3O/c11-10(12,13)9(17)16-7-3-1-2-6-8(7)15-5-4-14-6/h1-5H,(H,16,17). The minimum Gasteiger partial charge on any atom is -0.316 e. The SMILES string of the molecule is O=C(Nc1cccc2nccnc12)C(F)(F)F. The maximum absolute atomic E-state index is 12.1. The number of carbonyl (C=O) groups excluding carboxylic acids is 1. The molecule has 7 heteroatoms. The summed E-state index contributed by atoms with van der Waals surface area (Å²) in [6, 6.07) is 4.41. The molecule has 1 amide bonds. The van der Waals surface area contributed by atoms with Gasteiger partial charge in [0.15, 0.2) is 0 Å². The third-order valence-electron chi connectivity index (χ3n) is 2.00. The van der Waals surface area contributed by atoms with E-state index < -0.39 is 12.1 Å². The van der Waals surface area contributed by atoms with E-state index in [1.54, 1.807) is 11.4 Å². The lowest BCUT2D eigenvalue weighted by Crippen LogP contribution is -2.30. The van der Waals surface area contributed by atoms with E-state index in [9.17, 15) is 18.0 Å². The van der Waals surface area contributed by atoms with E-state index in [1.807, 2.05) is 0 Å². The van der Waals surface area contributed by atoms with Crippen LogP contribution in [-0.4, -0.2) is 22.1 Å². The molecule has 0 bridgehead atoms. The van der Waals surface area contributed by atoms with Gasteiger partial charge in [-0.15, -0.1) is 0 Å². The zero-order valence-corrected chi connectivity index (χ0v) is 8.32. The molecule has 1 aromatic heterocycles. The quantitative estimate of drug-likeness (QED) is 0.832. The van der Waals surface area contributed by atoms with Crippen molar-refractivity contribution in [3.8, 4) is 0 Å². The lowest BCUT2D eigenvalue weighted by Gasteiger charge is -2.09. The Morgan fingerprint density at radius 1 is 1.18 bits per heavy atom. The average Bonchev–Trinajstić information content (AvgIpc) is 2.28. The predicted octanol–water partition coefficient (Wildman–Crippen LogP) is 2.13. The second-order valence-electron chi connectivity index (χ2n) is 3.18. The van der Waals surface area contributed by atoms with Crippen molar-refractivity contribution in [1.82, 2.24) is 9.97 Å². The molecule has 0 aliphatic heterocycles. The molecule has 2 aromatic rings.